The molecule has 1 aromatic heterocycles. The highest BCUT2D eigenvalue weighted by Gasteiger charge is 2.33. The van der Waals surface area contributed by atoms with Crippen LogP contribution >= 0.6 is 0 Å². The van der Waals surface area contributed by atoms with Gasteiger partial charge in [0.05, 0.1) is 32.9 Å². The molecule has 1 heterocycles. The van der Waals surface area contributed by atoms with Gasteiger partial charge in [-0.1, -0.05) is 12.1 Å². The molecular formula is C20H18F3N3O5S. The Morgan fingerprint density at radius 3 is 2.19 bits per heavy atom. The predicted octanol–water partition coefficient (Wildman–Crippen LogP) is 2.06. The maximum atomic E-state index is 13.0. The monoisotopic (exact) mass is 469 g/mol. The first-order chi connectivity index (χ1) is 14.8. The van der Waals surface area contributed by atoms with E-state index in [1.807, 2.05) is 0 Å². The number of benzene rings is 2. The summed E-state index contributed by atoms with van der Waals surface area (Å²) < 4.78 is 66.6. The van der Waals surface area contributed by atoms with Crippen LogP contribution in [0.15, 0.2) is 56.9 Å². The quantitative estimate of drug-likeness (QED) is 0.576. The fourth-order valence-corrected chi connectivity index (χ4v) is 4.41. The lowest BCUT2D eigenvalue weighted by atomic mass is 10.1. The molecule has 32 heavy (non-hydrogen) atoms. The number of hydrogen-bond acceptors (Lipinski definition) is 5. The van der Waals surface area contributed by atoms with E-state index in [1.165, 1.54) is 44.4 Å². The van der Waals surface area contributed by atoms with Crippen molar-refractivity contribution in [3.63, 3.8) is 0 Å². The summed E-state index contributed by atoms with van der Waals surface area (Å²) in [6.45, 7) is 0. The summed E-state index contributed by atoms with van der Waals surface area (Å²) in [5, 5.41) is 2.09. The lowest BCUT2D eigenvalue weighted by Gasteiger charge is -2.14. The van der Waals surface area contributed by atoms with Gasteiger partial charge in [0.25, 0.3) is 0 Å². The molecule has 0 aliphatic carbocycles. The van der Waals surface area contributed by atoms with Crippen molar-refractivity contribution < 1.29 is 26.4 Å². The Labute approximate surface area is 179 Å². The number of anilines is 1. The standard InChI is InChI=1S/C20H18F3N3O5S/c1-25-15-8-7-12(11-16(15)26(2)19(29)18(25)28)32(30,31)10-9-17(27)24-14-6-4-3-5-13(14)20(21,22)23/h3-8,11H,9-10H2,1-2H3,(H,24,27). The molecule has 0 aliphatic rings. The number of nitrogens with one attached hydrogen (secondary N) is 1. The van der Waals surface area contributed by atoms with E-state index in [2.05, 4.69) is 5.32 Å². The first kappa shape index (κ1) is 23.3. The highest BCUT2D eigenvalue weighted by atomic mass is 32.2. The van der Waals surface area contributed by atoms with E-state index in [0.717, 1.165) is 21.3 Å². The van der Waals surface area contributed by atoms with Crippen molar-refractivity contribution in [2.75, 3.05) is 11.1 Å². The molecule has 8 nitrogen and oxygen atoms in total. The zero-order valence-electron chi connectivity index (χ0n) is 16.9. The highest BCUT2D eigenvalue weighted by molar-refractivity contribution is 7.91. The number of fused-ring (bicyclic) bond motifs is 1. The molecular weight excluding hydrogens is 451 g/mol. The molecule has 0 spiro atoms. The third-order valence-corrected chi connectivity index (χ3v) is 6.64. The van der Waals surface area contributed by atoms with Crippen LogP contribution in [0.2, 0.25) is 0 Å². The van der Waals surface area contributed by atoms with E-state index >= 15 is 0 Å². The van der Waals surface area contributed by atoms with E-state index < -0.39 is 56.5 Å². The van der Waals surface area contributed by atoms with E-state index in [0.29, 0.717) is 5.52 Å². The van der Waals surface area contributed by atoms with Crippen molar-refractivity contribution in [2.24, 2.45) is 14.1 Å². The number of aromatic nitrogens is 2. The Hall–Kier alpha value is -3.41. The molecule has 0 bridgehead atoms. The van der Waals surface area contributed by atoms with Crippen LogP contribution in [-0.2, 0) is 34.9 Å². The second-order valence-corrected chi connectivity index (χ2v) is 9.15. The van der Waals surface area contributed by atoms with Gasteiger partial charge >= 0.3 is 17.3 Å². The number of hydrogen-bond donors (Lipinski definition) is 1. The smallest absolute Gasteiger partial charge is 0.325 e. The zero-order chi connectivity index (χ0) is 23.8. The minimum Gasteiger partial charge on any atom is -0.325 e. The minimum atomic E-state index is -4.68. The molecule has 170 valence electrons. The second kappa shape index (κ2) is 8.26. The lowest BCUT2D eigenvalue weighted by Crippen LogP contribution is -2.39. The summed E-state index contributed by atoms with van der Waals surface area (Å²) in [6.07, 6.45) is -5.27. The summed E-state index contributed by atoms with van der Waals surface area (Å²) >= 11 is 0. The summed E-state index contributed by atoms with van der Waals surface area (Å²) in [7, 11) is -1.31. The molecule has 1 amide bonds. The molecule has 0 radical (unpaired) electrons. The van der Waals surface area contributed by atoms with Gasteiger partial charge < -0.3 is 14.5 Å². The fraction of sp³-hybridized carbons (Fsp3) is 0.250. The Morgan fingerprint density at radius 2 is 1.56 bits per heavy atom. The van der Waals surface area contributed by atoms with Gasteiger partial charge in [-0.3, -0.25) is 14.4 Å². The number of para-hydroxylation sites is 1. The maximum Gasteiger partial charge on any atom is 0.418 e. The van der Waals surface area contributed by atoms with Crippen LogP contribution in [0, 0.1) is 0 Å². The zero-order valence-corrected chi connectivity index (χ0v) is 17.7. The van der Waals surface area contributed by atoms with Gasteiger partial charge in [-0.2, -0.15) is 13.2 Å². The van der Waals surface area contributed by atoms with Crippen LogP contribution in [0.5, 0.6) is 0 Å². The minimum absolute atomic E-state index is 0.192. The summed E-state index contributed by atoms with van der Waals surface area (Å²) in [5.41, 5.74) is -2.59. The van der Waals surface area contributed by atoms with Crippen molar-refractivity contribution in [1.82, 2.24) is 9.13 Å². The van der Waals surface area contributed by atoms with Gasteiger partial charge in [-0.05, 0) is 30.3 Å². The molecule has 1 N–H and O–H groups in total. The summed E-state index contributed by atoms with van der Waals surface area (Å²) in [6, 6.07) is 8.17. The van der Waals surface area contributed by atoms with Gasteiger partial charge in [0.15, 0.2) is 9.84 Å². The summed E-state index contributed by atoms with van der Waals surface area (Å²) in [5.74, 6) is -1.57. The number of nitrogens with zero attached hydrogens (tertiary/aromatic N) is 2. The average Bonchev–Trinajstić information content (AvgIpc) is 2.74. The number of aryl methyl sites for hydroxylation is 2. The van der Waals surface area contributed by atoms with Gasteiger partial charge in [0, 0.05) is 20.5 Å². The molecule has 2 aromatic carbocycles. The first-order valence-corrected chi connectivity index (χ1v) is 10.9. The Morgan fingerprint density at radius 1 is 0.969 bits per heavy atom. The number of amides is 1. The van der Waals surface area contributed by atoms with Crippen LogP contribution in [-0.4, -0.2) is 29.2 Å². The Bertz CT molecular complexity index is 1440. The number of halogens is 3. The normalized spacial score (nSPS) is 12.2. The Kier molecular flexibility index (Phi) is 6.00. The average molecular weight is 469 g/mol. The third-order valence-electron chi connectivity index (χ3n) is 4.93. The van der Waals surface area contributed by atoms with E-state index in [-0.39, 0.29) is 10.4 Å². The van der Waals surface area contributed by atoms with Gasteiger partial charge in [0.2, 0.25) is 5.91 Å². The van der Waals surface area contributed by atoms with E-state index in [9.17, 15) is 36.0 Å². The number of rotatable bonds is 5. The van der Waals surface area contributed by atoms with Gasteiger partial charge in [-0.25, -0.2) is 8.42 Å². The van der Waals surface area contributed by atoms with E-state index in [1.54, 1.807) is 0 Å². The maximum absolute atomic E-state index is 13.0. The molecule has 0 fully saturated rings. The van der Waals surface area contributed by atoms with Crippen LogP contribution in [0.25, 0.3) is 11.0 Å². The number of carbonyl (C=O) groups is 1. The topological polar surface area (TPSA) is 107 Å². The second-order valence-electron chi connectivity index (χ2n) is 7.04. The van der Waals surface area contributed by atoms with Gasteiger partial charge in [0.1, 0.15) is 0 Å². The third kappa shape index (κ3) is 4.44. The molecule has 0 atom stereocenters. The molecule has 0 aliphatic heterocycles. The van der Waals surface area contributed by atoms with Crippen LogP contribution in [0.4, 0.5) is 18.9 Å². The van der Waals surface area contributed by atoms with E-state index in [4.69, 9.17) is 0 Å². The highest BCUT2D eigenvalue weighted by Crippen LogP contribution is 2.34. The lowest BCUT2D eigenvalue weighted by molar-refractivity contribution is -0.137. The molecule has 0 saturated heterocycles. The van der Waals surface area contributed by atoms with Crippen LogP contribution in [0.1, 0.15) is 12.0 Å². The van der Waals surface area contributed by atoms with Gasteiger partial charge in [-0.15, -0.1) is 0 Å². The summed E-state index contributed by atoms with van der Waals surface area (Å²) in [4.78, 5) is 35.8. The van der Waals surface area contributed by atoms with Crippen molar-refractivity contribution in [3.8, 4) is 0 Å². The Balaban J connectivity index is 1.83. The number of alkyl halides is 3. The van der Waals surface area contributed by atoms with Crippen LogP contribution in [0.3, 0.4) is 0 Å². The molecule has 12 heteroatoms. The molecule has 3 aromatic rings. The largest absolute Gasteiger partial charge is 0.418 e. The van der Waals surface area contributed by atoms with Crippen molar-refractivity contribution in [2.45, 2.75) is 17.5 Å². The predicted molar refractivity (Wildman–Crippen MR) is 111 cm³/mol. The number of sulfone groups is 1. The molecule has 3 rings (SSSR count). The molecule has 0 unspecified atom stereocenters. The van der Waals surface area contributed by atoms with Crippen molar-refractivity contribution in [1.29, 1.82) is 0 Å². The van der Waals surface area contributed by atoms with Crippen LogP contribution < -0.4 is 16.4 Å². The van der Waals surface area contributed by atoms with Crippen molar-refractivity contribution in [3.05, 3.63) is 68.7 Å². The SMILES string of the molecule is Cn1c(=O)c(=O)n(C)c2cc(S(=O)(=O)CCC(=O)Nc3ccccc3C(F)(F)F)ccc21. The molecule has 0 saturated carbocycles. The fourth-order valence-electron chi connectivity index (χ4n) is 3.15. The van der Waals surface area contributed by atoms with Crippen molar-refractivity contribution >= 4 is 32.5 Å². The number of carbonyl (C=O) groups excluding carboxylic acids is 1. The first-order valence-electron chi connectivity index (χ1n) is 9.21.